The van der Waals surface area contributed by atoms with E-state index >= 15 is 0 Å². The molecule has 0 heterocycles. The van der Waals surface area contributed by atoms with Gasteiger partial charge >= 0.3 is 0 Å². The van der Waals surface area contributed by atoms with Crippen LogP contribution in [0.15, 0.2) is 60.7 Å². The van der Waals surface area contributed by atoms with Crippen LogP contribution >= 0.6 is 0 Å². The van der Waals surface area contributed by atoms with Crippen LogP contribution in [0.5, 0.6) is 5.75 Å². The van der Waals surface area contributed by atoms with Gasteiger partial charge in [-0.2, -0.15) is 0 Å². The maximum Gasteiger partial charge on any atom is 0.123 e. The van der Waals surface area contributed by atoms with Gasteiger partial charge in [-0.1, -0.05) is 48.5 Å². The quantitative estimate of drug-likeness (QED) is 0.656. The molecule has 18 heavy (non-hydrogen) atoms. The average molecular weight is 234 g/mol. The van der Waals surface area contributed by atoms with Crippen LogP contribution in [-0.2, 0) is 0 Å². The van der Waals surface area contributed by atoms with Gasteiger partial charge in [0.2, 0.25) is 0 Å². The van der Waals surface area contributed by atoms with Crippen LogP contribution in [0.1, 0.15) is 5.56 Å². The normalized spacial score (nSPS) is 10.7. The molecule has 0 aliphatic heterocycles. The summed E-state index contributed by atoms with van der Waals surface area (Å²) >= 11 is 0. The van der Waals surface area contributed by atoms with Crippen LogP contribution < -0.4 is 0 Å². The number of aryl methyl sites for hydroxylation is 1. The highest BCUT2D eigenvalue weighted by Crippen LogP contribution is 2.33. The fourth-order valence-electron chi connectivity index (χ4n) is 2.37. The monoisotopic (exact) mass is 234 g/mol. The molecule has 0 spiro atoms. The van der Waals surface area contributed by atoms with Crippen molar-refractivity contribution in [1.29, 1.82) is 0 Å². The SMILES string of the molecule is Cc1cccc(O)c1-c1ccc2ccccc2c1. The van der Waals surface area contributed by atoms with Crippen molar-refractivity contribution in [2.45, 2.75) is 6.92 Å². The molecule has 0 bridgehead atoms. The fourth-order valence-corrected chi connectivity index (χ4v) is 2.37. The van der Waals surface area contributed by atoms with Gasteiger partial charge in [-0.15, -0.1) is 0 Å². The van der Waals surface area contributed by atoms with Crippen LogP contribution in [-0.4, -0.2) is 5.11 Å². The molecule has 0 radical (unpaired) electrons. The van der Waals surface area contributed by atoms with Crippen molar-refractivity contribution in [3.63, 3.8) is 0 Å². The molecule has 0 aliphatic carbocycles. The van der Waals surface area contributed by atoms with Gasteiger partial charge in [0, 0.05) is 5.56 Å². The average Bonchev–Trinajstić information content (AvgIpc) is 2.38. The van der Waals surface area contributed by atoms with Crippen LogP contribution in [0.4, 0.5) is 0 Å². The summed E-state index contributed by atoms with van der Waals surface area (Å²) in [6.45, 7) is 2.02. The second-order valence-electron chi connectivity index (χ2n) is 4.53. The van der Waals surface area contributed by atoms with Gasteiger partial charge < -0.3 is 5.11 Å². The summed E-state index contributed by atoms with van der Waals surface area (Å²) in [5.41, 5.74) is 3.07. The molecular formula is C17H14O. The summed E-state index contributed by atoms with van der Waals surface area (Å²) in [7, 11) is 0. The number of rotatable bonds is 1. The molecule has 0 fully saturated rings. The third-order valence-corrected chi connectivity index (χ3v) is 3.29. The van der Waals surface area contributed by atoms with E-state index in [0.717, 1.165) is 16.7 Å². The van der Waals surface area contributed by atoms with Crippen molar-refractivity contribution in [2.75, 3.05) is 0 Å². The number of aromatic hydroxyl groups is 1. The number of phenolic OH excluding ortho intramolecular Hbond substituents is 1. The van der Waals surface area contributed by atoms with E-state index in [2.05, 4.69) is 30.3 Å². The van der Waals surface area contributed by atoms with Gasteiger partial charge in [-0.05, 0) is 41.0 Å². The van der Waals surface area contributed by atoms with Crippen LogP contribution in [0.25, 0.3) is 21.9 Å². The van der Waals surface area contributed by atoms with Crippen molar-refractivity contribution in [3.05, 3.63) is 66.2 Å². The van der Waals surface area contributed by atoms with E-state index in [1.807, 2.05) is 31.2 Å². The number of phenols is 1. The summed E-state index contributed by atoms with van der Waals surface area (Å²) in [6, 6.07) is 20.2. The third-order valence-electron chi connectivity index (χ3n) is 3.29. The zero-order valence-electron chi connectivity index (χ0n) is 10.2. The molecule has 88 valence electrons. The largest absolute Gasteiger partial charge is 0.507 e. The Bertz CT molecular complexity index is 693. The van der Waals surface area contributed by atoms with Crippen molar-refractivity contribution in [1.82, 2.24) is 0 Å². The lowest BCUT2D eigenvalue weighted by Gasteiger charge is -2.09. The minimum atomic E-state index is 0.338. The first-order valence-electron chi connectivity index (χ1n) is 6.03. The molecule has 1 N–H and O–H groups in total. The Balaban J connectivity index is 2.26. The van der Waals surface area contributed by atoms with E-state index in [1.165, 1.54) is 10.8 Å². The smallest absolute Gasteiger partial charge is 0.123 e. The van der Waals surface area contributed by atoms with Crippen molar-refractivity contribution < 1.29 is 5.11 Å². The molecule has 0 atom stereocenters. The molecular weight excluding hydrogens is 220 g/mol. The third kappa shape index (κ3) is 1.74. The van der Waals surface area contributed by atoms with Gasteiger partial charge in [-0.3, -0.25) is 0 Å². The molecule has 3 aromatic rings. The second-order valence-corrected chi connectivity index (χ2v) is 4.53. The zero-order chi connectivity index (χ0) is 12.5. The van der Waals surface area contributed by atoms with Crippen LogP contribution in [0.2, 0.25) is 0 Å². The van der Waals surface area contributed by atoms with Gasteiger partial charge in [0.15, 0.2) is 0 Å². The number of fused-ring (bicyclic) bond motifs is 1. The molecule has 0 aliphatic rings. The Kier molecular flexibility index (Phi) is 2.52. The van der Waals surface area contributed by atoms with E-state index < -0.39 is 0 Å². The lowest BCUT2D eigenvalue weighted by atomic mass is 9.97. The molecule has 0 saturated carbocycles. The summed E-state index contributed by atoms with van der Waals surface area (Å²) < 4.78 is 0. The van der Waals surface area contributed by atoms with Gasteiger partial charge in [0.05, 0.1) is 0 Å². The molecule has 1 nitrogen and oxygen atoms in total. The van der Waals surface area contributed by atoms with Crippen molar-refractivity contribution >= 4 is 10.8 Å². The first kappa shape index (κ1) is 10.8. The topological polar surface area (TPSA) is 20.2 Å². The van der Waals surface area contributed by atoms with Crippen molar-refractivity contribution in [2.24, 2.45) is 0 Å². The lowest BCUT2D eigenvalue weighted by Crippen LogP contribution is -1.84. The molecule has 3 rings (SSSR count). The first-order chi connectivity index (χ1) is 8.75. The van der Waals surface area contributed by atoms with E-state index in [-0.39, 0.29) is 0 Å². The molecule has 1 heteroatoms. The highest BCUT2D eigenvalue weighted by atomic mass is 16.3. The Hall–Kier alpha value is -2.28. The standard InChI is InChI=1S/C17H14O/c1-12-5-4-8-16(18)17(12)15-10-9-13-6-2-3-7-14(13)11-15/h2-11,18H,1H3. The van der Waals surface area contributed by atoms with Gasteiger partial charge in [-0.25, -0.2) is 0 Å². The van der Waals surface area contributed by atoms with Crippen molar-refractivity contribution in [3.8, 4) is 16.9 Å². The first-order valence-corrected chi connectivity index (χ1v) is 6.03. The molecule has 0 aromatic heterocycles. The van der Waals surface area contributed by atoms with Crippen LogP contribution in [0.3, 0.4) is 0 Å². The van der Waals surface area contributed by atoms with E-state index in [1.54, 1.807) is 6.07 Å². The maximum absolute atomic E-state index is 10.0. The predicted octanol–water partition coefficient (Wildman–Crippen LogP) is 4.52. The minimum Gasteiger partial charge on any atom is -0.507 e. The molecule has 3 aromatic carbocycles. The fraction of sp³-hybridized carbons (Fsp3) is 0.0588. The Morgan fingerprint density at radius 3 is 2.33 bits per heavy atom. The highest BCUT2D eigenvalue weighted by molar-refractivity contribution is 5.88. The summed E-state index contributed by atoms with van der Waals surface area (Å²) in [5, 5.41) is 12.4. The van der Waals surface area contributed by atoms with E-state index in [4.69, 9.17) is 0 Å². The minimum absolute atomic E-state index is 0.338. The summed E-state index contributed by atoms with van der Waals surface area (Å²) in [4.78, 5) is 0. The molecule has 0 amide bonds. The van der Waals surface area contributed by atoms with E-state index in [0.29, 0.717) is 5.75 Å². The second kappa shape index (κ2) is 4.19. The van der Waals surface area contributed by atoms with Crippen LogP contribution in [0, 0.1) is 6.92 Å². The molecule has 0 saturated heterocycles. The maximum atomic E-state index is 10.0. The summed E-state index contributed by atoms with van der Waals surface area (Å²) in [6.07, 6.45) is 0. The van der Waals surface area contributed by atoms with Gasteiger partial charge in [0.25, 0.3) is 0 Å². The number of hydrogen-bond acceptors (Lipinski definition) is 1. The molecule has 0 unspecified atom stereocenters. The Morgan fingerprint density at radius 1 is 0.778 bits per heavy atom. The number of benzene rings is 3. The van der Waals surface area contributed by atoms with Gasteiger partial charge in [0.1, 0.15) is 5.75 Å². The predicted molar refractivity (Wildman–Crippen MR) is 75.8 cm³/mol. The highest BCUT2D eigenvalue weighted by Gasteiger charge is 2.07. The Morgan fingerprint density at radius 2 is 1.56 bits per heavy atom. The zero-order valence-corrected chi connectivity index (χ0v) is 10.2. The summed E-state index contributed by atoms with van der Waals surface area (Å²) in [5.74, 6) is 0.338. The number of hydrogen-bond donors (Lipinski definition) is 1. The Labute approximate surface area is 106 Å². The lowest BCUT2D eigenvalue weighted by molar-refractivity contribution is 0.477. The van der Waals surface area contributed by atoms with E-state index in [9.17, 15) is 5.11 Å².